The molecule has 2 aromatic heterocycles. The fourth-order valence-corrected chi connectivity index (χ4v) is 8.29. The van der Waals surface area contributed by atoms with Gasteiger partial charge in [-0.15, -0.1) is 0 Å². The minimum Gasteiger partial charge on any atom is -0.440 e. The van der Waals surface area contributed by atoms with E-state index in [2.05, 4.69) is 164 Å². The average Bonchev–Trinajstić information content (AvgIpc) is 3.63. The van der Waals surface area contributed by atoms with Crippen LogP contribution < -0.4 is 15.8 Å². The highest BCUT2D eigenvalue weighted by atomic mass is 16.4. The van der Waals surface area contributed by atoms with Gasteiger partial charge in [-0.3, -0.25) is 4.90 Å². The van der Waals surface area contributed by atoms with Crippen LogP contribution in [0.3, 0.4) is 0 Å². The van der Waals surface area contributed by atoms with Crippen LogP contribution in [0.1, 0.15) is 31.9 Å². The Morgan fingerprint density at radius 1 is 0.596 bits per heavy atom. The van der Waals surface area contributed by atoms with Crippen LogP contribution in [0.2, 0.25) is 0 Å². The van der Waals surface area contributed by atoms with Crippen LogP contribution in [0.4, 0.5) is 17.3 Å². The summed E-state index contributed by atoms with van der Waals surface area (Å²) in [6.45, 7) is 9.05. The maximum atomic E-state index is 7.02. The zero-order valence-electron chi connectivity index (χ0n) is 27.0. The van der Waals surface area contributed by atoms with Crippen molar-refractivity contribution < 1.29 is 4.42 Å². The highest BCUT2D eigenvalue weighted by Gasteiger charge is 2.46. The third-order valence-electron chi connectivity index (χ3n) is 10.4. The van der Waals surface area contributed by atoms with Crippen LogP contribution in [-0.4, -0.2) is 11.3 Å². The van der Waals surface area contributed by atoms with Gasteiger partial charge in [-0.05, 0) is 70.4 Å². The van der Waals surface area contributed by atoms with Crippen molar-refractivity contribution in [1.82, 2.24) is 4.48 Å². The summed E-state index contributed by atoms with van der Waals surface area (Å²) in [6, 6.07) is 46.8. The van der Waals surface area contributed by atoms with E-state index in [4.69, 9.17) is 4.42 Å². The molecule has 0 bridgehead atoms. The Morgan fingerprint density at radius 3 is 2.17 bits per heavy atom. The summed E-state index contributed by atoms with van der Waals surface area (Å²) in [5, 5.41) is 3.75. The molecule has 4 heterocycles. The summed E-state index contributed by atoms with van der Waals surface area (Å²) >= 11 is 0. The maximum Gasteiger partial charge on any atom is 0.337 e. The molecule has 0 saturated heterocycles. The van der Waals surface area contributed by atoms with E-state index < -0.39 is 0 Å². The van der Waals surface area contributed by atoms with Gasteiger partial charge in [0, 0.05) is 49.5 Å². The molecule has 2 aliphatic heterocycles. The summed E-state index contributed by atoms with van der Waals surface area (Å²) in [7, 11) is 0. The standard InChI is InChI=1S/C43H33BN2O/c1-26-23-34-31-18-12-17-30-29-15-8-10-19-36(29)46(41(30)31)44-39(34)37(24-26)45(42-40(44)32-16-9-11-20-38(32)47-42)35-22-21-28(43(2,3)4)25-33(35)27-13-6-5-7-14-27/h5-25H,1-4H3. The fourth-order valence-electron chi connectivity index (χ4n) is 8.29. The zero-order valence-corrected chi connectivity index (χ0v) is 27.0. The lowest BCUT2D eigenvalue weighted by Crippen LogP contribution is -2.56. The lowest BCUT2D eigenvalue weighted by Gasteiger charge is -2.39. The molecule has 10 rings (SSSR count). The van der Waals surface area contributed by atoms with Crippen molar-refractivity contribution in [1.29, 1.82) is 0 Å². The number of para-hydroxylation sites is 3. The van der Waals surface area contributed by atoms with Gasteiger partial charge in [-0.1, -0.05) is 118 Å². The van der Waals surface area contributed by atoms with Crippen molar-refractivity contribution in [2.24, 2.45) is 0 Å². The van der Waals surface area contributed by atoms with Crippen LogP contribution in [0, 0.1) is 6.92 Å². The fraction of sp³-hybridized carbons (Fsp3) is 0.116. The molecule has 0 radical (unpaired) electrons. The van der Waals surface area contributed by atoms with Gasteiger partial charge in [0.2, 0.25) is 5.88 Å². The van der Waals surface area contributed by atoms with Crippen LogP contribution in [0.25, 0.3) is 55.0 Å². The predicted molar refractivity (Wildman–Crippen MR) is 199 cm³/mol. The second kappa shape index (κ2) is 9.30. The zero-order chi connectivity index (χ0) is 31.6. The SMILES string of the molecule is Cc1cc2c3c(c1)N(c1ccc(C(C)(C)C)cc1-c1ccccc1)c1oc4ccccc4c1B3n1c3ccccc3c3cccc-2c31. The molecule has 0 amide bonds. The number of anilines is 3. The van der Waals surface area contributed by atoms with E-state index in [1.807, 2.05) is 0 Å². The maximum absolute atomic E-state index is 7.02. The number of aryl methyl sites for hydroxylation is 1. The summed E-state index contributed by atoms with van der Waals surface area (Å²) < 4.78 is 9.62. The molecule has 0 saturated carbocycles. The average molecular weight is 605 g/mol. The number of furan rings is 1. The Balaban J connectivity index is 1.38. The van der Waals surface area contributed by atoms with Gasteiger partial charge in [0.1, 0.15) is 5.58 Å². The van der Waals surface area contributed by atoms with Crippen LogP contribution in [0.5, 0.6) is 0 Å². The van der Waals surface area contributed by atoms with Crippen molar-refractivity contribution in [2.45, 2.75) is 33.1 Å². The quantitative estimate of drug-likeness (QED) is 0.183. The van der Waals surface area contributed by atoms with E-state index in [0.29, 0.717) is 0 Å². The van der Waals surface area contributed by atoms with E-state index in [-0.39, 0.29) is 12.3 Å². The molecule has 8 aromatic rings. The smallest absolute Gasteiger partial charge is 0.337 e. The molecule has 0 N–H and O–H groups in total. The molecular formula is C43H33BN2O. The summed E-state index contributed by atoms with van der Waals surface area (Å²) in [4.78, 5) is 2.42. The monoisotopic (exact) mass is 604 g/mol. The van der Waals surface area contributed by atoms with Crippen molar-refractivity contribution in [3.63, 3.8) is 0 Å². The molecule has 47 heavy (non-hydrogen) atoms. The lowest BCUT2D eigenvalue weighted by molar-refractivity contribution is 0.590. The largest absolute Gasteiger partial charge is 0.440 e. The van der Waals surface area contributed by atoms with E-state index in [1.165, 1.54) is 71.8 Å². The molecule has 4 heteroatoms. The van der Waals surface area contributed by atoms with E-state index in [9.17, 15) is 0 Å². The first-order valence-electron chi connectivity index (χ1n) is 16.6. The first-order valence-corrected chi connectivity index (χ1v) is 16.6. The Hall–Kier alpha value is -5.48. The lowest BCUT2D eigenvalue weighted by atomic mass is 9.45. The van der Waals surface area contributed by atoms with E-state index in [1.54, 1.807) is 0 Å². The van der Waals surface area contributed by atoms with Gasteiger partial charge < -0.3 is 8.90 Å². The van der Waals surface area contributed by atoms with Crippen molar-refractivity contribution in [3.05, 3.63) is 139 Å². The van der Waals surface area contributed by atoms with Crippen molar-refractivity contribution in [2.75, 3.05) is 4.90 Å². The van der Waals surface area contributed by atoms with Crippen LogP contribution in [0.15, 0.2) is 132 Å². The Labute approximate surface area is 274 Å². The third kappa shape index (κ3) is 3.59. The van der Waals surface area contributed by atoms with Gasteiger partial charge in [-0.25, -0.2) is 0 Å². The summed E-state index contributed by atoms with van der Waals surface area (Å²) in [5.41, 5.74) is 15.8. The van der Waals surface area contributed by atoms with Gasteiger partial charge in [0.05, 0.1) is 5.69 Å². The Bertz CT molecular complexity index is 2580. The normalized spacial score (nSPS) is 13.4. The minimum atomic E-state index is -0.0400. The second-order valence-electron chi connectivity index (χ2n) is 14.2. The van der Waals surface area contributed by atoms with Crippen LogP contribution >= 0.6 is 0 Å². The van der Waals surface area contributed by atoms with Gasteiger partial charge in [0.25, 0.3) is 0 Å². The number of hydrogen-bond donors (Lipinski definition) is 0. The minimum absolute atomic E-state index is 0.00659. The number of aromatic nitrogens is 1. The molecule has 0 atom stereocenters. The highest BCUT2D eigenvalue weighted by molar-refractivity contribution is 6.91. The topological polar surface area (TPSA) is 21.3 Å². The van der Waals surface area contributed by atoms with E-state index >= 15 is 0 Å². The highest BCUT2D eigenvalue weighted by Crippen LogP contribution is 2.49. The number of benzene rings is 6. The molecule has 0 fully saturated rings. The van der Waals surface area contributed by atoms with Crippen molar-refractivity contribution >= 4 is 67.8 Å². The number of hydrogen-bond acceptors (Lipinski definition) is 2. The number of fused-ring (bicyclic) bond motifs is 9. The summed E-state index contributed by atoms with van der Waals surface area (Å²) in [6.07, 6.45) is 0. The molecule has 0 unspecified atom stereocenters. The van der Waals surface area contributed by atoms with Gasteiger partial charge in [-0.2, -0.15) is 0 Å². The molecule has 2 aliphatic rings. The number of rotatable bonds is 2. The molecule has 6 aromatic carbocycles. The first kappa shape index (κ1) is 26.7. The third-order valence-corrected chi connectivity index (χ3v) is 10.4. The molecule has 0 spiro atoms. The molecular weight excluding hydrogens is 571 g/mol. The Morgan fingerprint density at radius 2 is 1.34 bits per heavy atom. The van der Waals surface area contributed by atoms with Gasteiger partial charge >= 0.3 is 6.85 Å². The van der Waals surface area contributed by atoms with Crippen LogP contribution in [-0.2, 0) is 5.41 Å². The van der Waals surface area contributed by atoms with Gasteiger partial charge in [0.15, 0.2) is 0 Å². The number of nitrogens with zero attached hydrogens (tertiary/aromatic N) is 2. The second-order valence-corrected chi connectivity index (χ2v) is 14.2. The van der Waals surface area contributed by atoms with Crippen molar-refractivity contribution in [3.8, 4) is 22.3 Å². The van der Waals surface area contributed by atoms with E-state index in [0.717, 1.165) is 22.5 Å². The first-order chi connectivity index (χ1) is 22.9. The molecule has 224 valence electrons. The molecule has 0 aliphatic carbocycles. The summed E-state index contributed by atoms with van der Waals surface area (Å²) in [5.74, 6) is 0.895. The Kier molecular flexibility index (Phi) is 5.28. The molecule has 3 nitrogen and oxygen atoms in total. The predicted octanol–water partition coefficient (Wildman–Crippen LogP) is 10.2.